The first-order valence-corrected chi connectivity index (χ1v) is 12.7. The third-order valence-corrected chi connectivity index (χ3v) is 7.06. The number of fused-ring (bicyclic) bond motifs is 1. The topological polar surface area (TPSA) is 77.0 Å². The Hall–Kier alpha value is -4.49. The second-order valence-corrected chi connectivity index (χ2v) is 9.61. The molecule has 0 spiro atoms. The number of hydrogen-bond donors (Lipinski definition) is 1. The van der Waals surface area contributed by atoms with Crippen LogP contribution in [0.1, 0.15) is 28.8 Å². The third kappa shape index (κ3) is 4.21. The van der Waals surface area contributed by atoms with Crippen molar-refractivity contribution in [2.75, 3.05) is 0 Å². The summed E-state index contributed by atoms with van der Waals surface area (Å²) in [6.45, 7) is 5.13. The van der Waals surface area contributed by atoms with E-state index in [9.17, 15) is 5.02 Å². The third-order valence-electron chi connectivity index (χ3n) is 7.06. The van der Waals surface area contributed by atoms with E-state index in [0.717, 1.165) is 61.5 Å². The van der Waals surface area contributed by atoms with Crippen molar-refractivity contribution in [3.63, 3.8) is 0 Å². The summed E-state index contributed by atoms with van der Waals surface area (Å²) in [6, 6.07) is 26.5. The van der Waals surface area contributed by atoms with E-state index in [-0.39, 0.29) is 6.04 Å². The van der Waals surface area contributed by atoms with Crippen LogP contribution in [0.5, 0.6) is 0 Å². The predicted octanol–water partition coefficient (Wildman–Crippen LogP) is 5.83. The Kier molecular flexibility index (Phi) is 6.14. The van der Waals surface area contributed by atoms with Crippen molar-refractivity contribution in [2.24, 2.45) is 0 Å². The summed E-state index contributed by atoms with van der Waals surface area (Å²) in [5, 5.41) is 14.2. The van der Waals surface area contributed by atoms with Gasteiger partial charge in [-0.25, -0.2) is 0 Å². The van der Waals surface area contributed by atoms with Gasteiger partial charge in [0.25, 0.3) is 0 Å². The molecule has 0 saturated heterocycles. The highest BCUT2D eigenvalue weighted by Gasteiger charge is 2.24. The molecule has 0 saturated carbocycles. The molecule has 4 aromatic heterocycles. The molecule has 6 rings (SSSR count). The fourth-order valence-electron chi connectivity index (χ4n) is 5.17. The minimum atomic E-state index is -0.521. The summed E-state index contributed by atoms with van der Waals surface area (Å²) in [5.41, 5.74) is 9.61. The van der Waals surface area contributed by atoms with Crippen LogP contribution in [0.4, 0.5) is 0 Å². The van der Waals surface area contributed by atoms with Crippen LogP contribution in [0.15, 0.2) is 102 Å². The van der Waals surface area contributed by atoms with Crippen LogP contribution in [0.25, 0.3) is 33.3 Å². The summed E-state index contributed by atoms with van der Waals surface area (Å²) in [4.78, 5) is 9.74. The van der Waals surface area contributed by atoms with Gasteiger partial charge < -0.3 is 14.1 Å². The summed E-state index contributed by atoms with van der Waals surface area (Å²) >= 11 is 0. The van der Waals surface area contributed by atoms with Crippen LogP contribution < -0.4 is 5.46 Å². The quantitative estimate of drug-likeness (QED) is 0.293. The first kappa shape index (κ1) is 23.9. The maximum atomic E-state index is 10.0. The lowest BCUT2D eigenvalue weighted by atomic mass is 9.64. The van der Waals surface area contributed by atoms with E-state index in [1.54, 1.807) is 6.82 Å². The van der Waals surface area contributed by atoms with Crippen molar-refractivity contribution in [3.8, 4) is 22.3 Å². The van der Waals surface area contributed by atoms with Gasteiger partial charge in [-0.1, -0.05) is 72.6 Å². The number of aromatic nitrogens is 4. The van der Waals surface area contributed by atoms with Crippen molar-refractivity contribution in [1.82, 2.24) is 19.7 Å². The molecule has 1 N–H and O–H groups in total. The average molecular weight is 498 g/mol. The molecule has 0 aliphatic rings. The van der Waals surface area contributed by atoms with Gasteiger partial charge in [0.05, 0.1) is 22.4 Å². The van der Waals surface area contributed by atoms with Gasteiger partial charge in [0, 0.05) is 35.3 Å². The highest BCUT2D eigenvalue weighted by molar-refractivity contribution is 6.64. The normalized spacial score (nSPS) is 12.1. The first-order valence-electron chi connectivity index (χ1n) is 12.7. The monoisotopic (exact) mass is 498 g/mol. The molecular weight excluding hydrogens is 471 g/mol. The maximum absolute atomic E-state index is 10.0. The second-order valence-electron chi connectivity index (χ2n) is 9.61. The Labute approximate surface area is 221 Å². The predicted molar refractivity (Wildman–Crippen MR) is 152 cm³/mol. The molecule has 4 heterocycles. The molecule has 0 aliphatic heterocycles. The van der Waals surface area contributed by atoms with Gasteiger partial charge >= 0.3 is 6.92 Å². The molecule has 1 atom stereocenters. The largest absolute Gasteiger partial charge is 0.447 e. The molecule has 0 fully saturated rings. The zero-order chi connectivity index (χ0) is 26.2. The van der Waals surface area contributed by atoms with Gasteiger partial charge in [0.15, 0.2) is 0 Å². The van der Waals surface area contributed by atoms with E-state index in [1.165, 1.54) is 0 Å². The van der Waals surface area contributed by atoms with E-state index in [2.05, 4.69) is 52.3 Å². The molecule has 7 heteroatoms. The lowest BCUT2D eigenvalue weighted by molar-refractivity contribution is 0.393. The van der Waals surface area contributed by atoms with Gasteiger partial charge in [0.2, 0.25) is 0 Å². The van der Waals surface area contributed by atoms with E-state index in [1.807, 2.05) is 68.7 Å². The zero-order valence-corrected chi connectivity index (χ0v) is 21.5. The Balaban J connectivity index is 1.63. The molecule has 0 aliphatic carbocycles. The molecule has 0 bridgehead atoms. The Morgan fingerprint density at radius 1 is 0.895 bits per heavy atom. The number of benzene rings is 2. The highest BCUT2D eigenvalue weighted by atomic mass is 16.5. The standard InChI is InChI=1S/C31H27BN4O2/c1-20-29(21(2)38-35-20)24-17-28-30(34-18-24)26(22-12-14-25(15-13-22)32(3)37)19-36(28)31(23-9-5-4-6-10-23)27-11-7-8-16-33-27/h4-19,31,37H,1-3H3. The number of aryl methyl sites for hydroxylation is 2. The maximum Gasteiger partial charge on any atom is 0.320 e. The lowest BCUT2D eigenvalue weighted by Crippen LogP contribution is -2.25. The summed E-state index contributed by atoms with van der Waals surface area (Å²) in [6.07, 6.45) is 5.89. The van der Waals surface area contributed by atoms with Crippen molar-refractivity contribution in [2.45, 2.75) is 26.7 Å². The van der Waals surface area contributed by atoms with E-state index in [4.69, 9.17) is 14.5 Å². The first-order chi connectivity index (χ1) is 18.5. The van der Waals surface area contributed by atoms with Gasteiger partial charge in [-0.15, -0.1) is 0 Å². The van der Waals surface area contributed by atoms with Crippen molar-refractivity contribution < 1.29 is 9.55 Å². The number of rotatable bonds is 6. The van der Waals surface area contributed by atoms with Gasteiger partial charge in [-0.2, -0.15) is 0 Å². The summed E-state index contributed by atoms with van der Waals surface area (Å²) < 4.78 is 7.73. The number of hydrogen-bond acceptors (Lipinski definition) is 5. The fraction of sp³-hybridized carbons (Fsp3) is 0.129. The Morgan fingerprint density at radius 2 is 1.66 bits per heavy atom. The molecule has 1 unspecified atom stereocenters. The molecule has 6 nitrogen and oxygen atoms in total. The minimum absolute atomic E-state index is 0.160. The minimum Gasteiger partial charge on any atom is -0.447 e. The van der Waals surface area contributed by atoms with Crippen LogP contribution in [0.3, 0.4) is 0 Å². The fourth-order valence-corrected chi connectivity index (χ4v) is 5.17. The lowest BCUT2D eigenvalue weighted by Gasteiger charge is -2.20. The molecule has 0 amide bonds. The smallest absolute Gasteiger partial charge is 0.320 e. The van der Waals surface area contributed by atoms with Crippen LogP contribution in [-0.4, -0.2) is 31.6 Å². The SMILES string of the molecule is CB(O)c1ccc(-c2cn(C(c3ccccc3)c3ccccn3)c3cc(-c4c(C)noc4C)cnc23)cc1. The van der Waals surface area contributed by atoms with Gasteiger partial charge in [-0.3, -0.25) is 9.97 Å². The van der Waals surface area contributed by atoms with E-state index < -0.39 is 6.92 Å². The van der Waals surface area contributed by atoms with E-state index in [0.29, 0.717) is 0 Å². The van der Waals surface area contributed by atoms with Crippen LogP contribution in [0, 0.1) is 13.8 Å². The van der Waals surface area contributed by atoms with Crippen LogP contribution >= 0.6 is 0 Å². The zero-order valence-electron chi connectivity index (χ0n) is 21.5. The van der Waals surface area contributed by atoms with E-state index >= 15 is 0 Å². The summed E-state index contributed by atoms with van der Waals surface area (Å²) in [5.74, 6) is 0.764. The molecule has 6 aromatic rings. The second kappa shape index (κ2) is 9.76. The molecule has 0 radical (unpaired) electrons. The number of nitrogens with zero attached hydrogens (tertiary/aromatic N) is 4. The average Bonchev–Trinajstić information content (AvgIpc) is 3.49. The van der Waals surface area contributed by atoms with Crippen molar-refractivity contribution in [1.29, 1.82) is 0 Å². The molecule has 38 heavy (non-hydrogen) atoms. The van der Waals surface area contributed by atoms with Crippen molar-refractivity contribution in [3.05, 3.63) is 120 Å². The molecule has 186 valence electrons. The van der Waals surface area contributed by atoms with Gasteiger partial charge in [-0.05, 0) is 48.6 Å². The molecule has 2 aromatic carbocycles. The summed E-state index contributed by atoms with van der Waals surface area (Å²) in [7, 11) is 0. The molecular formula is C31H27BN4O2. The Bertz CT molecular complexity index is 1650. The van der Waals surface area contributed by atoms with Crippen LogP contribution in [-0.2, 0) is 0 Å². The Morgan fingerprint density at radius 3 is 2.32 bits per heavy atom. The number of pyridine rings is 2. The highest BCUT2D eigenvalue weighted by Crippen LogP contribution is 2.38. The van der Waals surface area contributed by atoms with Crippen molar-refractivity contribution >= 4 is 23.4 Å². The van der Waals surface area contributed by atoms with Crippen LogP contribution in [0.2, 0.25) is 6.82 Å². The van der Waals surface area contributed by atoms with Gasteiger partial charge in [0.1, 0.15) is 11.8 Å².